The van der Waals surface area contributed by atoms with Gasteiger partial charge in [0.2, 0.25) is 5.91 Å². The number of carbonyl (C=O) groups excluding carboxylic acids is 1. The van der Waals surface area contributed by atoms with Crippen molar-refractivity contribution in [3.63, 3.8) is 0 Å². The van der Waals surface area contributed by atoms with E-state index < -0.39 is 5.41 Å². The molecule has 1 amide bonds. The Balaban J connectivity index is 4.72. The van der Waals surface area contributed by atoms with Crippen LogP contribution in [0.1, 0.15) is 47.5 Å². The molecule has 18 heavy (non-hydrogen) atoms. The van der Waals surface area contributed by atoms with E-state index >= 15 is 0 Å². The van der Waals surface area contributed by atoms with E-state index in [1.807, 2.05) is 34.6 Å². The van der Waals surface area contributed by atoms with Crippen LogP contribution >= 0.6 is 0 Å². The van der Waals surface area contributed by atoms with Crippen molar-refractivity contribution in [1.82, 2.24) is 5.32 Å². The van der Waals surface area contributed by atoms with Crippen molar-refractivity contribution < 1.29 is 9.53 Å². The monoisotopic (exact) mass is 254 g/mol. The SMILES string of the molecule is CCOCC(NC(=O)C(C#N)(CC)CC)C(C)C. The van der Waals surface area contributed by atoms with Gasteiger partial charge in [-0.2, -0.15) is 5.26 Å². The zero-order valence-corrected chi connectivity index (χ0v) is 12.2. The first-order valence-corrected chi connectivity index (χ1v) is 6.77. The fourth-order valence-electron chi connectivity index (χ4n) is 1.73. The summed E-state index contributed by atoms with van der Waals surface area (Å²) in [6.07, 6.45) is 1.07. The van der Waals surface area contributed by atoms with Crippen molar-refractivity contribution in [3.8, 4) is 6.07 Å². The molecule has 0 fully saturated rings. The summed E-state index contributed by atoms with van der Waals surface area (Å²) >= 11 is 0. The molecule has 0 heterocycles. The summed E-state index contributed by atoms with van der Waals surface area (Å²) < 4.78 is 5.37. The summed E-state index contributed by atoms with van der Waals surface area (Å²) in [5.74, 6) is 0.110. The number of amides is 1. The molecule has 0 aliphatic carbocycles. The third-order valence-electron chi connectivity index (χ3n) is 3.48. The van der Waals surface area contributed by atoms with E-state index in [2.05, 4.69) is 11.4 Å². The maximum atomic E-state index is 12.2. The molecule has 0 saturated heterocycles. The third kappa shape index (κ3) is 4.30. The second-order valence-electron chi connectivity index (χ2n) is 4.88. The van der Waals surface area contributed by atoms with Crippen LogP contribution in [-0.2, 0) is 9.53 Å². The molecular formula is C14H26N2O2. The van der Waals surface area contributed by atoms with E-state index in [1.165, 1.54) is 0 Å². The lowest BCUT2D eigenvalue weighted by Gasteiger charge is -2.28. The Bertz CT molecular complexity index is 291. The molecular weight excluding hydrogens is 228 g/mol. The molecule has 0 spiro atoms. The summed E-state index contributed by atoms with van der Waals surface area (Å²) in [7, 11) is 0. The number of hydrogen-bond donors (Lipinski definition) is 1. The highest BCUT2D eigenvalue weighted by Gasteiger charge is 2.36. The smallest absolute Gasteiger partial charge is 0.240 e. The van der Waals surface area contributed by atoms with E-state index in [-0.39, 0.29) is 17.9 Å². The highest BCUT2D eigenvalue weighted by molar-refractivity contribution is 5.85. The van der Waals surface area contributed by atoms with Gasteiger partial charge in [0.1, 0.15) is 5.41 Å². The number of ether oxygens (including phenoxy) is 1. The largest absolute Gasteiger partial charge is 0.380 e. The zero-order valence-electron chi connectivity index (χ0n) is 12.2. The first kappa shape index (κ1) is 16.9. The Morgan fingerprint density at radius 2 is 1.89 bits per heavy atom. The molecule has 1 unspecified atom stereocenters. The average molecular weight is 254 g/mol. The van der Waals surface area contributed by atoms with Crippen LogP contribution in [0.2, 0.25) is 0 Å². The topological polar surface area (TPSA) is 62.1 Å². The van der Waals surface area contributed by atoms with Gasteiger partial charge in [0.05, 0.1) is 18.7 Å². The second kappa shape index (κ2) is 8.10. The summed E-state index contributed by atoms with van der Waals surface area (Å²) in [6.45, 7) is 10.9. The van der Waals surface area contributed by atoms with E-state index in [4.69, 9.17) is 4.74 Å². The lowest BCUT2D eigenvalue weighted by Crippen LogP contribution is -2.48. The molecule has 0 radical (unpaired) electrons. The normalized spacial score (nSPS) is 13.2. The van der Waals surface area contributed by atoms with Crippen molar-refractivity contribution in [2.45, 2.75) is 53.5 Å². The summed E-state index contributed by atoms with van der Waals surface area (Å²) in [5.41, 5.74) is -0.903. The van der Waals surface area contributed by atoms with Gasteiger partial charge in [0.25, 0.3) is 0 Å². The van der Waals surface area contributed by atoms with E-state index in [9.17, 15) is 10.1 Å². The minimum Gasteiger partial charge on any atom is -0.380 e. The third-order valence-corrected chi connectivity index (χ3v) is 3.48. The van der Waals surface area contributed by atoms with Crippen LogP contribution in [0.4, 0.5) is 0 Å². The molecule has 0 saturated carbocycles. The van der Waals surface area contributed by atoms with Gasteiger partial charge in [-0.05, 0) is 25.7 Å². The van der Waals surface area contributed by atoms with Crippen LogP contribution in [0.25, 0.3) is 0 Å². The number of nitriles is 1. The lowest BCUT2D eigenvalue weighted by atomic mass is 9.82. The molecule has 1 N–H and O–H groups in total. The first-order chi connectivity index (χ1) is 8.47. The van der Waals surface area contributed by atoms with Crippen molar-refractivity contribution in [2.75, 3.05) is 13.2 Å². The van der Waals surface area contributed by atoms with Gasteiger partial charge in [-0.3, -0.25) is 4.79 Å². The quantitative estimate of drug-likeness (QED) is 0.724. The van der Waals surface area contributed by atoms with Crippen LogP contribution in [0.3, 0.4) is 0 Å². The zero-order chi connectivity index (χ0) is 14.2. The number of nitrogens with zero attached hydrogens (tertiary/aromatic N) is 1. The molecule has 4 heteroatoms. The van der Waals surface area contributed by atoms with Gasteiger partial charge in [-0.15, -0.1) is 0 Å². The van der Waals surface area contributed by atoms with E-state index in [1.54, 1.807) is 0 Å². The summed E-state index contributed by atoms with van der Waals surface area (Å²) in [4.78, 5) is 12.2. The van der Waals surface area contributed by atoms with Gasteiger partial charge >= 0.3 is 0 Å². The first-order valence-electron chi connectivity index (χ1n) is 6.77. The van der Waals surface area contributed by atoms with Crippen molar-refractivity contribution in [2.24, 2.45) is 11.3 Å². The predicted octanol–water partition coefficient (Wildman–Crippen LogP) is 2.49. The van der Waals surface area contributed by atoms with Crippen LogP contribution in [0, 0.1) is 22.7 Å². The fourth-order valence-corrected chi connectivity index (χ4v) is 1.73. The average Bonchev–Trinajstić information content (AvgIpc) is 2.36. The summed E-state index contributed by atoms with van der Waals surface area (Å²) in [6, 6.07) is 2.12. The maximum absolute atomic E-state index is 12.2. The minimum absolute atomic E-state index is 0.0386. The molecule has 0 aliphatic heterocycles. The van der Waals surface area contributed by atoms with E-state index in [0.717, 1.165) is 0 Å². The van der Waals surface area contributed by atoms with Crippen molar-refractivity contribution in [1.29, 1.82) is 5.26 Å². The van der Waals surface area contributed by atoms with Crippen LogP contribution in [0.15, 0.2) is 0 Å². The number of nitrogens with one attached hydrogen (secondary N) is 1. The lowest BCUT2D eigenvalue weighted by molar-refractivity contribution is -0.130. The van der Waals surface area contributed by atoms with Crippen LogP contribution < -0.4 is 5.32 Å². The number of rotatable bonds is 8. The Hall–Kier alpha value is -1.08. The minimum atomic E-state index is -0.903. The molecule has 0 aromatic carbocycles. The molecule has 4 nitrogen and oxygen atoms in total. The molecule has 1 atom stereocenters. The molecule has 104 valence electrons. The Kier molecular flexibility index (Phi) is 7.61. The van der Waals surface area contributed by atoms with Gasteiger partial charge in [0, 0.05) is 6.61 Å². The fraction of sp³-hybridized carbons (Fsp3) is 0.857. The second-order valence-corrected chi connectivity index (χ2v) is 4.88. The van der Waals surface area contributed by atoms with Gasteiger partial charge < -0.3 is 10.1 Å². The van der Waals surface area contributed by atoms with Crippen LogP contribution in [-0.4, -0.2) is 25.2 Å². The Morgan fingerprint density at radius 1 is 1.33 bits per heavy atom. The molecule has 0 aromatic rings. The summed E-state index contributed by atoms with van der Waals surface area (Å²) in [5, 5.41) is 12.2. The predicted molar refractivity (Wildman–Crippen MR) is 71.9 cm³/mol. The van der Waals surface area contributed by atoms with Crippen molar-refractivity contribution >= 4 is 5.91 Å². The van der Waals surface area contributed by atoms with Crippen LogP contribution in [0.5, 0.6) is 0 Å². The molecule has 0 aliphatic rings. The number of carbonyl (C=O) groups is 1. The van der Waals surface area contributed by atoms with Crippen molar-refractivity contribution in [3.05, 3.63) is 0 Å². The van der Waals surface area contributed by atoms with Gasteiger partial charge in [0.15, 0.2) is 0 Å². The highest BCUT2D eigenvalue weighted by Crippen LogP contribution is 2.26. The molecule has 0 aromatic heterocycles. The van der Waals surface area contributed by atoms with Gasteiger partial charge in [-0.25, -0.2) is 0 Å². The molecule has 0 rings (SSSR count). The Labute approximate surface area is 111 Å². The highest BCUT2D eigenvalue weighted by atomic mass is 16.5. The van der Waals surface area contributed by atoms with E-state index in [0.29, 0.717) is 26.1 Å². The Morgan fingerprint density at radius 3 is 2.22 bits per heavy atom. The maximum Gasteiger partial charge on any atom is 0.240 e. The number of hydrogen-bond acceptors (Lipinski definition) is 3. The molecule has 0 bridgehead atoms. The standard InChI is InChI=1S/C14H26N2O2/c1-6-14(7-2,10-15)13(17)16-12(11(4)5)9-18-8-3/h11-12H,6-9H2,1-5H3,(H,16,17). The van der Waals surface area contributed by atoms with Gasteiger partial charge in [-0.1, -0.05) is 27.7 Å².